The predicted octanol–water partition coefficient (Wildman–Crippen LogP) is 7.17. The van der Waals surface area contributed by atoms with E-state index < -0.39 is 0 Å². The lowest BCUT2D eigenvalue weighted by Gasteiger charge is -2.16. The molecule has 2 aromatic rings. The van der Waals surface area contributed by atoms with Crippen molar-refractivity contribution in [2.24, 2.45) is 5.92 Å². The van der Waals surface area contributed by atoms with Crippen LogP contribution in [0.3, 0.4) is 0 Å². The number of nitrogens with one attached hydrogen (secondary N) is 1. The largest absolute Gasteiger partial charge is 0.309 e. The van der Waals surface area contributed by atoms with Gasteiger partial charge in [0, 0.05) is 18.0 Å². The smallest absolute Gasteiger partial charge is 0.163 e. The zero-order valence-corrected chi connectivity index (χ0v) is 18.3. The molecule has 1 N–H and O–H groups in total. The van der Waals surface area contributed by atoms with E-state index in [0.29, 0.717) is 24.2 Å². The van der Waals surface area contributed by atoms with Gasteiger partial charge in [0.25, 0.3) is 0 Å². The minimum atomic E-state index is 0.305. The Morgan fingerprint density at radius 1 is 1.10 bits per heavy atom. The van der Waals surface area contributed by atoms with E-state index in [4.69, 9.17) is 0 Å². The molecule has 2 heteroatoms. The van der Waals surface area contributed by atoms with Crippen LogP contribution in [-0.4, -0.2) is 12.3 Å². The normalized spacial score (nSPS) is 15.3. The number of hydrogen-bond donors (Lipinski definition) is 1. The van der Waals surface area contributed by atoms with Crippen molar-refractivity contribution in [2.75, 3.05) is 6.54 Å². The van der Waals surface area contributed by atoms with Gasteiger partial charge in [-0.1, -0.05) is 75.9 Å². The molecule has 1 atom stereocenters. The molecule has 0 saturated carbocycles. The summed E-state index contributed by atoms with van der Waals surface area (Å²) in [7, 11) is 0. The van der Waals surface area contributed by atoms with E-state index in [9.17, 15) is 4.79 Å². The zero-order chi connectivity index (χ0) is 20.6. The monoisotopic (exact) mass is 391 g/mol. The molecular weight excluding hydrogens is 354 g/mol. The van der Waals surface area contributed by atoms with Crippen LogP contribution in [0, 0.1) is 5.92 Å². The summed E-state index contributed by atoms with van der Waals surface area (Å²) in [6.45, 7) is 9.28. The van der Waals surface area contributed by atoms with Crippen LogP contribution in [0.2, 0.25) is 0 Å². The highest BCUT2D eigenvalue weighted by molar-refractivity contribution is 6.10. The highest BCUT2D eigenvalue weighted by Gasteiger charge is 2.25. The molecule has 0 bridgehead atoms. The number of unbranched alkanes of at least 4 members (excludes halogenated alkanes) is 6. The van der Waals surface area contributed by atoms with E-state index in [2.05, 4.69) is 56.1 Å². The van der Waals surface area contributed by atoms with E-state index >= 15 is 0 Å². The van der Waals surface area contributed by atoms with Crippen molar-refractivity contribution in [1.29, 1.82) is 0 Å². The summed E-state index contributed by atoms with van der Waals surface area (Å²) in [6, 6.07) is 11.1. The van der Waals surface area contributed by atoms with Gasteiger partial charge in [-0.25, -0.2) is 0 Å². The van der Waals surface area contributed by atoms with E-state index in [0.717, 1.165) is 43.2 Å². The molecule has 156 valence electrons. The van der Waals surface area contributed by atoms with E-state index in [-0.39, 0.29) is 0 Å². The molecule has 0 fully saturated rings. The Kier molecular flexibility index (Phi) is 8.06. The first-order valence-corrected chi connectivity index (χ1v) is 11.5. The second-order valence-electron chi connectivity index (χ2n) is 8.97. The quantitative estimate of drug-likeness (QED) is 0.223. The number of ketones is 1. The molecule has 2 nitrogen and oxygen atoms in total. The highest BCUT2D eigenvalue weighted by Crippen LogP contribution is 2.38. The summed E-state index contributed by atoms with van der Waals surface area (Å²) in [5.74, 6) is 0.941. The molecule has 3 rings (SSSR count). The minimum Gasteiger partial charge on any atom is -0.309 e. The molecule has 2 aromatic carbocycles. The maximum absolute atomic E-state index is 12.9. The fraction of sp³-hybridized carbons (Fsp3) is 0.519. The third kappa shape index (κ3) is 5.57. The number of Topliss-reactive ketones (excluding diaryl/α,β-unsaturated/α-hetero) is 1. The fourth-order valence-electron chi connectivity index (χ4n) is 4.52. The van der Waals surface area contributed by atoms with Gasteiger partial charge in [0.15, 0.2) is 5.78 Å². The lowest BCUT2D eigenvalue weighted by atomic mass is 9.95. The maximum Gasteiger partial charge on any atom is 0.163 e. The van der Waals surface area contributed by atoms with Gasteiger partial charge < -0.3 is 5.32 Å². The topological polar surface area (TPSA) is 29.1 Å². The first kappa shape index (κ1) is 21.8. The molecule has 0 spiro atoms. The second kappa shape index (κ2) is 10.7. The van der Waals surface area contributed by atoms with Crippen LogP contribution < -0.4 is 5.32 Å². The number of allylic oxidation sites excluding steroid dienone is 1. The van der Waals surface area contributed by atoms with Crippen LogP contribution >= 0.6 is 0 Å². The van der Waals surface area contributed by atoms with Gasteiger partial charge in [-0.15, -0.1) is 6.58 Å². The number of hydrogen-bond acceptors (Lipinski definition) is 2. The molecule has 0 saturated heterocycles. The molecular formula is C27H37NO. The summed E-state index contributed by atoms with van der Waals surface area (Å²) in [5, 5.41) is 6.19. The molecule has 0 aliphatic heterocycles. The summed E-state index contributed by atoms with van der Waals surface area (Å²) in [6.07, 6.45) is 12.0. The van der Waals surface area contributed by atoms with Gasteiger partial charge in [0.05, 0.1) is 0 Å². The Hall–Kier alpha value is -1.93. The number of rotatable bonds is 13. The van der Waals surface area contributed by atoms with Crippen molar-refractivity contribution in [1.82, 2.24) is 5.32 Å². The van der Waals surface area contributed by atoms with Gasteiger partial charge in [-0.2, -0.15) is 0 Å². The SMILES string of the molecule is C=CCCCCCCCCC(=O)c1ccc2c3c(cccc13)C(NCC(C)C)C2. The lowest BCUT2D eigenvalue weighted by Crippen LogP contribution is -2.24. The highest BCUT2D eigenvalue weighted by atomic mass is 16.1. The van der Waals surface area contributed by atoms with E-state index in [1.807, 2.05) is 6.08 Å². The predicted molar refractivity (Wildman–Crippen MR) is 125 cm³/mol. The average Bonchev–Trinajstić information content (AvgIpc) is 3.08. The number of benzene rings is 2. The average molecular weight is 392 g/mol. The molecule has 0 heterocycles. The summed E-state index contributed by atoms with van der Waals surface area (Å²) >= 11 is 0. The van der Waals surface area contributed by atoms with Crippen LogP contribution in [0.1, 0.15) is 92.7 Å². The molecule has 29 heavy (non-hydrogen) atoms. The lowest BCUT2D eigenvalue weighted by molar-refractivity contribution is 0.0980. The molecule has 1 aliphatic rings. The summed E-state index contributed by atoms with van der Waals surface area (Å²) in [4.78, 5) is 12.9. The van der Waals surface area contributed by atoms with E-state index in [1.54, 1.807) is 0 Å². The summed E-state index contributed by atoms with van der Waals surface area (Å²) < 4.78 is 0. The van der Waals surface area contributed by atoms with Crippen molar-refractivity contribution in [3.05, 3.63) is 59.7 Å². The van der Waals surface area contributed by atoms with E-state index in [1.165, 1.54) is 42.2 Å². The van der Waals surface area contributed by atoms with Crippen LogP contribution in [0.4, 0.5) is 0 Å². The summed E-state index contributed by atoms with van der Waals surface area (Å²) in [5.41, 5.74) is 3.67. The number of carbonyl (C=O) groups is 1. The van der Waals surface area contributed by atoms with Gasteiger partial charge in [0.1, 0.15) is 0 Å². The van der Waals surface area contributed by atoms with Gasteiger partial charge >= 0.3 is 0 Å². The Bertz CT molecular complexity index is 836. The second-order valence-corrected chi connectivity index (χ2v) is 8.97. The first-order valence-electron chi connectivity index (χ1n) is 11.5. The standard InChI is InChI=1S/C27H37NO/c1-4-5-6-7-8-9-10-11-15-26(29)22-17-16-21-18-25(28-19-20(2)3)24-14-12-13-23(22)27(21)24/h4,12-14,16-17,20,25,28H,1,5-11,15,18-19H2,2-3H3. The molecule has 0 aromatic heterocycles. The van der Waals surface area contributed by atoms with Crippen LogP contribution in [0.25, 0.3) is 10.8 Å². The maximum atomic E-state index is 12.9. The Morgan fingerprint density at radius 3 is 2.62 bits per heavy atom. The van der Waals surface area contributed by atoms with Crippen molar-refractivity contribution < 1.29 is 4.79 Å². The van der Waals surface area contributed by atoms with Gasteiger partial charge in [0.2, 0.25) is 0 Å². The Labute approximate surface area is 176 Å². The first-order chi connectivity index (χ1) is 14.1. The minimum absolute atomic E-state index is 0.305. The van der Waals surface area contributed by atoms with Gasteiger partial charge in [-0.05, 0) is 60.0 Å². The van der Waals surface area contributed by atoms with Crippen molar-refractivity contribution >= 4 is 16.6 Å². The Balaban J connectivity index is 1.60. The third-order valence-electron chi connectivity index (χ3n) is 6.09. The molecule has 1 aliphatic carbocycles. The number of carbonyl (C=O) groups excluding carboxylic acids is 1. The fourth-order valence-corrected chi connectivity index (χ4v) is 4.52. The Morgan fingerprint density at radius 2 is 1.86 bits per heavy atom. The van der Waals surface area contributed by atoms with Crippen molar-refractivity contribution in [2.45, 2.75) is 77.7 Å². The van der Waals surface area contributed by atoms with Crippen LogP contribution in [0.15, 0.2) is 43.0 Å². The molecule has 0 amide bonds. The third-order valence-corrected chi connectivity index (χ3v) is 6.09. The van der Waals surface area contributed by atoms with Crippen molar-refractivity contribution in [3.8, 4) is 0 Å². The molecule has 0 radical (unpaired) electrons. The van der Waals surface area contributed by atoms with Crippen LogP contribution in [0.5, 0.6) is 0 Å². The van der Waals surface area contributed by atoms with Gasteiger partial charge in [-0.3, -0.25) is 4.79 Å². The molecule has 1 unspecified atom stereocenters. The van der Waals surface area contributed by atoms with Crippen molar-refractivity contribution in [3.63, 3.8) is 0 Å². The zero-order valence-electron chi connectivity index (χ0n) is 18.3. The van der Waals surface area contributed by atoms with Crippen LogP contribution in [-0.2, 0) is 6.42 Å².